The molecule has 0 fully saturated rings. The Morgan fingerprint density at radius 3 is 1.71 bits per heavy atom. The second-order valence-corrected chi connectivity index (χ2v) is 23.2. The molecule has 0 saturated heterocycles. The highest BCUT2D eigenvalue weighted by molar-refractivity contribution is 7.90. The Hall–Kier alpha value is -4.66. The van der Waals surface area contributed by atoms with Gasteiger partial charge in [-0.25, -0.2) is 30.7 Å². The van der Waals surface area contributed by atoms with Gasteiger partial charge in [-0.2, -0.15) is 25.2 Å². The normalized spacial score (nSPS) is 13.5. The highest BCUT2D eigenvalue weighted by atomic mass is 32.2. The molecule has 0 aliphatic carbocycles. The molecule has 0 saturated carbocycles. The predicted octanol–water partition coefficient (Wildman–Crippen LogP) is 6.36. The first-order valence-electron chi connectivity index (χ1n) is 22.2. The molecule has 2 unspecified atom stereocenters. The van der Waals surface area contributed by atoms with Gasteiger partial charge in [0, 0.05) is 57.3 Å². The third-order valence-electron chi connectivity index (χ3n) is 9.60. The van der Waals surface area contributed by atoms with Crippen LogP contribution in [0.1, 0.15) is 75.2 Å². The lowest BCUT2D eigenvalue weighted by Gasteiger charge is -2.35. The number of ether oxygens (including phenoxy) is 1. The minimum atomic E-state index is -4.58. The first-order chi connectivity index (χ1) is 32.4. The van der Waals surface area contributed by atoms with E-state index in [9.17, 15) is 26.0 Å². The van der Waals surface area contributed by atoms with E-state index in [1.807, 2.05) is 0 Å². The summed E-state index contributed by atoms with van der Waals surface area (Å²) >= 11 is 0. The fraction of sp³-hybridized carbons (Fsp3) is 0.512. The topological polar surface area (TPSA) is 287 Å². The van der Waals surface area contributed by atoms with Crippen LogP contribution < -0.4 is 30.5 Å². The minimum Gasteiger partial charge on any atom is -0.461 e. The maximum absolute atomic E-state index is 14.8. The van der Waals surface area contributed by atoms with Crippen molar-refractivity contribution in [3.63, 3.8) is 0 Å². The van der Waals surface area contributed by atoms with E-state index in [1.165, 1.54) is 55.5 Å². The van der Waals surface area contributed by atoms with Crippen LogP contribution in [0.3, 0.4) is 0 Å². The number of nitrogens with two attached hydrogens (primary N) is 1. The number of amides is 1. The van der Waals surface area contributed by atoms with Gasteiger partial charge in [0.25, 0.3) is 0 Å². The smallest absolute Gasteiger partial charge is 0.461 e. The van der Waals surface area contributed by atoms with Gasteiger partial charge in [0.1, 0.15) is 13.3 Å². The molecule has 3 aromatic carbocycles. The molecule has 6 N–H and O–H groups in total. The van der Waals surface area contributed by atoms with Crippen molar-refractivity contribution in [2.75, 3.05) is 69.3 Å². The molecule has 0 radical (unpaired) electrons. The van der Waals surface area contributed by atoms with E-state index in [0.717, 1.165) is 0 Å². The van der Waals surface area contributed by atoms with Crippen molar-refractivity contribution >= 4 is 89.0 Å². The molecule has 1 aromatic heterocycles. The SMILES string of the molecule is CCO[Si](OCC)(OCC)C(CC)NS(=O)(=O)c1cc(N=Nc2ccc(Nc3nc(N)nc(OCCF)n3)c(NC(C)=O)c2)cc2c(S(=O)(=O)NC(CC)[Si](OCC)(OCC)OCC)cccc12. The molecule has 68 heavy (non-hydrogen) atoms. The summed E-state index contributed by atoms with van der Waals surface area (Å²) in [5, 5.41) is 14.4. The second kappa shape index (κ2) is 25.8. The van der Waals surface area contributed by atoms with Crippen molar-refractivity contribution in [3.05, 3.63) is 48.5 Å². The zero-order valence-electron chi connectivity index (χ0n) is 39.8. The van der Waals surface area contributed by atoms with Gasteiger partial charge in [-0.15, -0.1) is 0 Å². The molecule has 0 spiro atoms. The number of aromatic nitrogens is 3. The number of rotatable bonds is 30. The summed E-state index contributed by atoms with van der Waals surface area (Å²) in [7, 11) is -16.5. The molecule has 2 atom stereocenters. The van der Waals surface area contributed by atoms with Crippen LogP contribution in [0.15, 0.2) is 68.6 Å². The van der Waals surface area contributed by atoms with Crippen LogP contribution in [0, 0.1) is 0 Å². The molecular formula is C41H63FN10O12S2Si2. The van der Waals surface area contributed by atoms with Gasteiger partial charge in [-0.3, -0.25) is 4.79 Å². The van der Waals surface area contributed by atoms with Crippen LogP contribution in [-0.2, 0) is 51.4 Å². The quantitative estimate of drug-likeness (QED) is 0.0280. The van der Waals surface area contributed by atoms with Crippen LogP contribution in [0.25, 0.3) is 10.8 Å². The molecular weight excluding hydrogens is 964 g/mol. The lowest BCUT2D eigenvalue weighted by atomic mass is 10.1. The Morgan fingerprint density at radius 2 is 1.21 bits per heavy atom. The van der Waals surface area contributed by atoms with Crippen molar-refractivity contribution in [1.82, 2.24) is 24.4 Å². The van der Waals surface area contributed by atoms with Gasteiger partial charge >= 0.3 is 23.6 Å². The molecule has 22 nitrogen and oxygen atoms in total. The van der Waals surface area contributed by atoms with Gasteiger partial charge in [-0.05, 0) is 90.8 Å². The Kier molecular flexibility index (Phi) is 21.2. The van der Waals surface area contributed by atoms with Crippen LogP contribution >= 0.6 is 0 Å². The van der Waals surface area contributed by atoms with Crippen molar-refractivity contribution in [3.8, 4) is 6.01 Å². The van der Waals surface area contributed by atoms with Crippen LogP contribution in [0.2, 0.25) is 0 Å². The minimum absolute atomic E-state index is 0.0101. The summed E-state index contributed by atoms with van der Waals surface area (Å²) in [5.74, 6) is -0.743. The summed E-state index contributed by atoms with van der Waals surface area (Å²) in [6, 6.07) is 11.2. The van der Waals surface area contributed by atoms with Crippen molar-refractivity contribution in [2.24, 2.45) is 10.2 Å². The number of anilines is 4. The first kappa shape index (κ1) is 55.9. The van der Waals surface area contributed by atoms with Gasteiger partial charge in [0.05, 0.1) is 43.9 Å². The summed E-state index contributed by atoms with van der Waals surface area (Å²) in [5.41, 5.74) is 4.51. The van der Waals surface area contributed by atoms with E-state index >= 15 is 0 Å². The molecule has 1 heterocycles. The summed E-state index contributed by atoms with van der Waals surface area (Å²) in [6.07, 6.45) is 0.448. The molecule has 0 aliphatic rings. The Bertz CT molecular complexity index is 2540. The van der Waals surface area contributed by atoms with Crippen LogP contribution in [-0.4, -0.2) is 120 Å². The number of carbonyl (C=O) groups is 1. The molecule has 0 bridgehead atoms. The van der Waals surface area contributed by atoms with E-state index in [4.69, 9.17) is 37.0 Å². The molecule has 1 amide bonds. The number of nitrogens with zero attached hydrogens (tertiary/aromatic N) is 5. The third kappa shape index (κ3) is 14.2. The van der Waals surface area contributed by atoms with Crippen LogP contribution in [0.5, 0.6) is 6.01 Å². The summed E-state index contributed by atoms with van der Waals surface area (Å²) < 4.78 is 119. The molecule has 4 rings (SSSR count). The van der Waals surface area contributed by atoms with Gasteiger partial charge in [0.2, 0.25) is 37.9 Å². The van der Waals surface area contributed by atoms with E-state index in [1.54, 1.807) is 55.4 Å². The average Bonchev–Trinajstić information content (AvgIpc) is 3.29. The van der Waals surface area contributed by atoms with Gasteiger partial charge < -0.3 is 47.7 Å². The second-order valence-electron chi connectivity index (χ2n) is 14.3. The highest BCUT2D eigenvalue weighted by Crippen LogP contribution is 2.36. The van der Waals surface area contributed by atoms with Gasteiger partial charge in [-0.1, -0.05) is 26.0 Å². The number of benzene rings is 3. The molecule has 27 heteroatoms. The lowest BCUT2D eigenvalue weighted by Crippen LogP contribution is -2.62. The number of halogens is 1. The van der Waals surface area contributed by atoms with Crippen LogP contribution in [0.4, 0.5) is 39.0 Å². The number of fused-ring (bicyclic) bond motifs is 1. The fourth-order valence-corrected chi connectivity index (χ4v) is 17.1. The highest BCUT2D eigenvalue weighted by Gasteiger charge is 2.52. The Labute approximate surface area is 399 Å². The van der Waals surface area contributed by atoms with E-state index in [0.29, 0.717) is 0 Å². The van der Waals surface area contributed by atoms with E-state index in [-0.39, 0.29) is 120 Å². The fourth-order valence-electron chi connectivity index (χ4n) is 7.05. The summed E-state index contributed by atoms with van der Waals surface area (Å²) in [4.78, 5) is 23.7. The monoisotopic (exact) mass is 1030 g/mol. The summed E-state index contributed by atoms with van der Waals surface area (Å²) in [6.45, 7) is 15.4. The average molecular weight is 1030 g/mol. The lowest BCUT2D eigenvalue weighted by molar-refractivity contribution is -0.114. The predicted molar refractivity (Wildman–Crippen MR) is 258 cm³/mol. The van der Waals surface area contributed by atoms with Crippen molar-refractivity contribution in [2.45, 2.75) is 96.3 Å². The molecule has 0 aliphatic heterocycles. The van der Waals surface area contributed by atoms with Crippen molar-refractivity contribution < 1.29 is 57.3 Å². The number of alkyl halides is 1. The maximum Gasteiger partial charge on any atom is 0.519 e. The maximum atomic E-state index is 14.8. The number of nitrogens with one attached hydrogen (secondary N) is 4. The largest absolute Gasteiger partial charge is 0.519 e. The van der Waals surface area contributed by atoms with E-state index < -0.39 is 61.6 Å². The first-order valence-corrected chi connectivity index (χ1v) is 28.8. The number of azo groups is 1. The van der Waals surface area contributed by atoms with Crippen molar-refractivity contribution in [1.29, 1.82) is 0 Å². The third-order valence-corrected chi connectivity index (χ3v) is 20.0. The molecule has 4 aromatic rings. The number of hydrogen-bond acceptors (Lipinski definition) is 19. The van der Waals surface area contributed by atoms with E-state index in [2.05, 4.69) is 45.3 Å². The molecule has 376 valence electrons. The number of sulfonamides is 2. The van der Waals surface area contributed by atoms with Gasteiger partial charge in [0.15, 0.2) is 0 Å². The number of nitrogen functional groups attached to an aromatic ring is 1. The standard InChI is InChI=1S/C41H63FN10O12S2Si2/c1-10-37(67(59-12-3,60-13-4)61-14-5)51-65(54,55)35-20-18-19-31-32(35)25-30(27-36(31)66(56,57)52-38(11-2)68(62-15-6,63-16-7)64-17-8)50-49-29-21-22-33(34(26-29)44-28(9)53)45-40-46-39(43)47-41(48-40)58-24-23-42/h18-22,25-27,37-38,51-52H,10-17,23-24H2,1-9H3,(H,44,53)(H3,43,45,46,47,48). The number of carbonyl (C=O) groups excluding carboxylic acids is 1. The Balaban J connectivity index is 1.94. The zero-order valence-corrected chi connectivity index (χ0v) is 43.4. The zero-order chi connectivity index (χ0) is 50.1. The number of hydrogen-bond donors (Lipinski definition) is 5. The Morgan fingerprint density at radius 1 is 0.676 bits per heavy atom.